The van der Waals surface area contributed by atoms with Gasteiger partial charge in [0.15, 0.2) is 0 Å². The van der Waals surface area contributed by atoms with Crippen molar-refractivity contribution in [2.45, 2.75) is 13.3 Å². The van der Waals surface area contributed by atoms with Crippen molar-refractivity contribution in [2.24, 2.45) is 7.05 Å². The fourth-order valence-corrected chi connectivity index (χ4v) is 1.56. The van der Waals surface area contributed by atoms with Crippen molar-refractivity contribution >= 4 is 0 Å². The van der Waals surface area contributed by atoms with E-state index in [1.165, 1.54) is 0 Å². The minimum atomic E-state index is 0.766. The van der Waals surface area contributed by atoms with Crippen molar-refractivity contribution in [1.29, 1.82) is 0 Å². The highest BCUT2D eigenvalue weighted by atomic mass is 16.5. The third-order valence-corrected chi connectivity index (χ3v) is 2.41. The summed E-state index contributed by atoms with van der Waals surface area (Å²) in [7, 11) is 1.99. The summed E-state index contributed by atoms with van der Waals surface area (Å²) in [4.78, 5) is 4.30. The number of rotatable bonds is 4. The first-order valence-electron chi connectivity index (χ1n) is 5.52. The first kappa shape index (κ1) is 10.7. The molecule has 0 saturated carbocycles. The molecule has 0 aliphatic carbocycles. The topological polar surface area (TPSA) is 27.1 Å². The number of imidazole rings is 1. The van der Waals surface area contributed by atoms with Crippen molar-refractivity contribution in [1.82, 2.24) is 9.55 Å². The van der Waals surface area contributed by atoms with Crippen LogP contribution in [-0.2, 0) is 7.05 Å². The molecule has 84 valence electrons. The predicted octanol–water partition coefficient (Wildman–Crippen LogP) is 2.88. The van der Waals surface area contributed by atoms with E-state index in [-0.39, 0.29) is 0 Å². The number of aryl methyl sites for hydroxylation is 1. The lowest BCUT2D eigenvalue weighted by Gasteiger charge is -2.06. The average Bonchev–Trinajstić information content (AvgIpc) is 2.74. The molecule has 0 spiro atoms. The zero-order valence-corrected chi connectivity index (χ0v) is 9.68. The molecule has 1 aromatic heterocycles. The lowest BCUT2D eigenvalue weighted by atomic mass is 10.2. The van der Waals surface area contributed by atoms with Crippen molar-refractivity contribution in [3.8, 4) is 17.1 Å². The molecule has 2 rings (SSSR count). The van der Waals surface area contributed by atoms with Crippen LogP contribution in [0.25, 0.3) is 11.4 Å². The van der Waals surface area contributed by atoms with Gasteiger partial charge >= 0.3 is 0 Å². The van der Waals surface area contributed by atoms with Gasteiger partial charge in [-0.2, -0.15) is 0 Å². The summed E-state index contributed by atoms with van der Waals surface area (Å²) in [6, 6.07) is 8.04. The van der Waals surface area contributed by atoms with Crippen LogP contribution in [0.3, 0.4) is 0 Å². The first-order chi connectivity index (χ1) is 7.81. The molecule has 0 bridgehead atoms. The summed E-state index contributed by atoms with van der Waals surface area (Å²) >= 11 is 0. The maximum atomic E-state index is 5.53. The second-order valence-electron chi connectivity index (χ2n) is 3.73. The van der Waals surface area contributed by atoms with Crippen molar-refractivity contribution < 1.29 is 4.74 Å². The van der Waals surface area contributed by atoms with Crippen LogP contribution in [0.4, 0.5) is 0 Å². The van der Waals surface area contributed by atoms with E-state index in [9.17, 15) is 0 Å². The number of aromatic nitrogens is 2. The van der Waals surface area contributed by atoms with Gasteiger partial charge in [0.25, 0.3) is 0 Å². The van der Waals surface area contributed by atoms with E-state index in [1.807, 2.05) is 42.1 Å². The molecule has 0 amide bonds. The maximum Gasteiger partial charge on any atom is 0.139 e. The molecule has 0 radical (unpaired) electrons. The molecule has 0 aliphatic rings. The van der Waals surface area contributed by atoms with Crippen LogP contribution in [0, 0.1) is 0 Å². The molecule has 0 atom stereocenters. The Hall–Kier alpha value is -1.77. The molecule has 0 unspecified atom stereocenters. The van der Waals surface area contributed by atoms with Crippen LogP contribution in [0.1, 0.15) is 13.3 Å². The molecule has 0 fully saturated rings. The molecule has 0 N–H and O–H groups in total. The van der Waals surface area contributed by atoms with E-state index in [4.69, 9.17) is 4.74 Å². The molecular weight excluding hydrogens is 200 g/mol. The molecule has 1 aromatic carbocycles. The van der Waals surface area contributed by atoms with Gasteiger partial charge < -0.3 is 9.30 Å². The zero-order valence-electron chi connectivity index (χ0n) is 9.68. The van der Waals surface area contributed by atoms with E-state index < -0.39 is 0 Å². The van der Waals surface area contributed by atoms with Gasteiger partial charge in [-0.3, -0.25) is 0 Å². The number of hydrogen-bond donors (Lipinski definition) is 0. The van der Waals surface area contributed by atoms with Gasteiger partial charge in [-0.25, -0.2) is 4.98 Å². The van der Waals surface area contributed by atoms with Crippen LogP contribution in [0.2, 0.25) is 0 Å². The van der Waals surface area contributed by atoms with E-state index >= 15 is 0 Å². The Morgan fingerprint density at radius 2 is 2.00 bits per heavy atom. The van der Waals surface area contributed by atoms with Crippen molar-refractivity contribution in [2.75, 3.05) is 6.61 Å². The zero-order chi connectivity index (χ0) is 11.4. The van der Waals surface area contributed by atoms with Crippen LogP contribution < -0.4 is 4.74 Å². The van der Waals surface area contributed by atoms with E-state index in [1.54, 1.807) is 6.20 Å². The summed E-state index contributed by atoms with van der Waals surface area (Å²) in [5.74, 6) is 1.89. The number of hydrogen-bond acceptors (Lipinski definition) is 2. The molecule has 0 aliphatic heterocycles. The quantitative estimate of drug-likeness (QED) is 0.785. The summed E-state index contributed by atoms with van der Waals surface area (Å²) < 4.78 is 7.53. The minimum Gasteiger partial charge on any atom is -0.494 e. The highest BCUT2D eigenvalue weighted by Gasteiger charge is 2.02. The Balaban J connectivity index is 2.16. The Morgan fingerprint density at radius 1 is 1.25 bits per heavy atom. The number of ether oxygens (including phenoxy) is 1. The van der Waals surface area contributed by atoms with E-state index in [2.05, 4.69) is 11.9 Å². The highest BCUT2D eigenvalue weighted by molar-refractivity contribution is 5.56. The van der Waals surface area contributed by atoms with Crippen LogP contribution in [0.15, 0.2) is 36.7 Å². The molecule has 2 aromatic rings. The average molecular weight is 216 g/mol. The van der Waals surface area contributed by atoms with Gasteiger partial charge in [-0.1, -0.05) is 6.92 Å². The maximum absolute atomic E-state index is 5.53. The lowest BCUT2D eigenvalue weighted by molar-refractivity contribution is 0.317. The van der Waals surface area contributed by atoms with Crippen LogP contribution >= 0.6 is 0 Å². The summed E-state index contributed by atoms with van der Waals surface area (Å²) in [5.41, 5.74) is 1.11. The molecule has 3 nitrogen and oxygen atoms in total. The lowest BCUT2D eigenvalue weighted by Crippen LogP contribution is -1.95. The molecular formula is C13H16N2O. The Morgan fingerprint density at radius 3 is 2.56 bits per heavy atom. The monoisotopic (exact) mass is 216 g/mol. The fourth-order valence-electron chi connectivity index (χ4n) is 1.56. The van der Waals surface area contributed by atoms with Crippen molar-refractivity contribution in [3.05, 3.63) is 36.7 Å². The van der Waals surface area contributed by atoms with E-state index in [0.29, 0.717) is 0 Å². The Bertz CT molecular complexity index is 445. The van der Waals surface area contributed by atoms with Gasteiger partial charge in [0, 0.05) is 25.0 Å². The third-order valence-electron chi connectivity index (χ3n) is 2.41. The smallest absolute Gasteiger partial charge is 0.139 e. The van der Waals surface area contributed by atoms with E-state index in [0.717, 1.165) is 30.2 Å². The van der Waals surface area contributed by atoms with Crippen LogP contribution in [0.5, 0.6) is 5.75 Å². The van der Waals surface area contributed by atoms with Crippen molar-refractivity contribution in [3.63, 3.8) is 0 Å². The van der Waals surface area contributed by atoms with Crippen LogP contribution in [-0.4, -0.2) is 16.2 Å². The SMILES string of the molecule is CCCOc1ccc(-c2nccn2C)cc1. The molecule has 3 heteroatoms. The molecule has 1 heterocycles. The predicted molar refractivity (Wildman–Crippen MR) is 64.4 cm³/mol. The minimum absolute atomic E-state index is 0.766. The summed E-state index contributed by atoms with van der Waals surface area (Å²) in [5, 5.41) is 0. The van der Waals surface area contributed by atoms with Gasteiger partial charge in [0.05, 0.1) is 6.61 Å². The fraction of sp³-hybridized carbons (Fsp3) is 0.308. The van der Waals surface area contributed by atoms with Gasteiger partial charge in [0.1, 0.15) is 11.6 Å². The number of nitrogens with zero attached hydrogens (tertiary/aromatic N) is 2. The number of benzene rings is 1. The second-order valence-corrected chi connectivity index (χ2v) is 3.73. The molecule has 16 heavy (non-hydrogen) atoms. The Labute approximate surface area is 95.7 Å². The Kier molecular flexibility index (Phi) is 3.25. The first-order valence-corrected chi connectivity index (χ1v) is 5.52. The van der Waals surface area contributed by atoms with Gasteiger partial charge in [-0.15, -0.1) is 0 Å². The van der Waals surface area contributed by atoms with Gasteiger partial charge in [0.2, 0.25) is 0 Å². The largest absolute Gasteiger partial charge is 0.494 e. The highest BCUT2D eigenvalue weighted by Crippen LogP contribution is 2.20. The second kappa shape index (κ2) is 4.84. The molecule has 0 saturated heterocycles. The summed E-state index contributed by atoms with van der Waals surface area (Å²) in [6.45, 7) is 2.87. The standard InChI is InChI=1S/C13H16N2O/c1-3-10-16-12-6-4-11(5-7-12)13-14-8-9-15(13)2/h4-9H,3,10H2,1-2H3. The van der Waals surface area contributed by atoms with Gasteiger partial charge in [-0.05, 0) is 30.7 Å². The summed E-state index contributed by atoms with van der Waals surface area (Å²) in [6.07, 6.45) is 4.77. The third kappa shape index (κ3) is 2.24. The normalized spacial score (nSPS) is 10.4.